The predicted molar refractivity (Wildman–Crippen MR) is 65.6 cm³/mol. The SMILES string of the molecule is N#Cc1ccc(Cl)c(NCCCCCO)c1. The second-order valence-electron chi connectivity index (χ2n) is 3.52. The lowest BCUT2D eigenvalue weighted by Gasteiger charge is -2.08. The van der Waals surface area contributed by atoms with Crippen LogP contribution in [0.4, 0.5) is 5.69 Å². The van der Waals surface area contributed by atoms with E-state index in [4.69, 9.17) is 22.0 Å². The molecule has 2 N–H and O–H groups in total. The summed E-state index contributed by atoms with van der Waals surface area (Å²) in [7, 11) is 0. The minimum Gasteiger partial charge on any atom is -0.396 e. The van der Waals surface area contributed by atoms with Crippen LogP contribution < -0.4 is 5.32 Å². The van der Waals surface area contributed by atoms with E-state index in [1.54, 1.807) is 18.2 Å². The number of hydrogen-bond acceptors (Lipinski definition) is 3. The summed E-state index contributed by atoms with van der Waals surface area (Å²) >= 11 is 5.98. The molecule has 0 bridgehead atoms. The molecule has 86 valence electrons. The van der Waals surface area contributed by atoms with Crippen molar-refractivity contribution in [2.24, 2.45) is 0 Å². The van der Waals surface area contributed by atoms with Crippen molar-refractivity contribution in [2.75, 3.05) is 18.5 Å². The number of aliphatic hydroxyl groups is 1. The molecule has 1 aromatic rings. The molecule has 3 nitrogen and oxygen atoms in total. The summed E-state index contributed by atoms with van der Waals surface area (Å²) in [6.07, 6.45) is 2.79. The summed E-state index contributed by atoms with van der Waals surface area (Å²) in [5, 5.41) is 21.2. The Balaban J connectivity index is 2.44. The zero-order valence-electron chi connectivity index (χ0n) is 9.04. The van der Waals surface area contributed by atoms with Crippen molar-refractivity contribution in [3.8, 4) is 6.07 Å². The first-order chi connectivity index (χ1) is 7.77. The maximum Gasteiger partial charge on any atom is 0.0992 e. The molecule has 0 aliphatic heterocycles. The number of benzene rings is 1. The molecular formula is C12H15ClN2O. The molecular weight excluding hydrogens is 224 g/mol. The molecule has 0 radical (unpaired) electrons. The highest BCUT2D eigenvalue weighted by Crippen LogP contribution is 2.22. The predicted octanol–water partition coefficient (Wildman–Crippen LogP) is 2.79. The second kappa shape index (κ2) is 7.10. The first-order valence-electron chi connectivity index (χ1n) is 5.32. The van der Waals surface area contributed by atoms with Crippen LogP contribution in [0.15, 0.2) is 18.2 Å². The van der Waals surface area contributed by atoms with Crippen LogP contribution in [0.3, 0.4) is 0 Å². The summed E-state index contributed by atoms with van der Waals surface area (Å²) in [5.74, 6) is 0. The third kappa shape index (κ3) is 4.09. The highest BCUT2D eigenvalue weighted by molar-refractivity contribution is 6.33. The zero-order chi connectivity index (χ0) is 11.8. The molecule has 0 saturated heterocycles. The average Bonchev–Trinajstić information content (AvgIpc) is 2.31. The molecule has 16 heavy (non-hydrogen) atoms. The Bertz CT molecular complexity index is 374. The topological polar surface area (TPSA) is 56.0 Å². The number of nitrogens with zero attached hydrogens (tertiary/aromatic N) is 1. The second-order valence-corrected chi connectivity index (χ2v) is 3.92. The van der Waals surface area contributed by atoms with E-state index < -0.39 is 0 Å². The van der Waals surface area contributed by atoms with E-state index in [9.17, 15) is 0 Å². The Morgan fingerprint density at radius 2 is 2.12 bits per heavy atom. The van der Waals surface area contributed by atoms with E-state index in [-0.39, 0.29) is 6.61 Å². The monoisotopic (exact) mass is 238 g/mol. The first kappa shape index (κ1) is 12.8. The minimum absolute atomic E-state index is 0.241. The van der Waals surface area contributed by atoms with Crippen LogP contribution in [0.1, 0.15) is 24.8 Å². The molecule has 0 spiro atoms. The molecule has 0 saturated carbocycles. The third-order valence-corrected chi connectivity index (χ3v) is 2.58. The lowest BCUT2D eigenvalue weighted by molar-refractivity contribution is 0.283. The third-order valence-electron chi connectivity index (χ3n) is 2.25. The van der Waals surface area contributed by atoms with Crippen molar-refractivity contribution in [1.82, 2.24) is 0 Å². The van der Waals surface area contributed by atoms with Gasteiger partial charge in [0.05, 0.1) is 22.3 Å². The largest absolute Gasteiger partial charge is 0.396 e. The van der Waals surface area contributed by atoms with E-state index in [1.165, 1.54) is 0 Å². The molecule has 0 fully saturated rings. The fourth-order valence-electron chi connectivity index (χ4n) is 1.37. The molecule has 0 aromatic heterocycles. The van der Waals surface area contributed by atoms with Crippen molar-refractivity contribution >= 4 is 17.3 Å². The molecule has 0 aliphatic carbocycles. The van der Waals surface area contributed by atoms with Gasteiger partial charge in [0.25, 0.3) is 0 Å². The summed E-state index contributed by atoms with van der Waals surface area (Å²) in [6.45, 7) is 1.04. The van der Waals surface area contributed by atoms with E-state index in [0.29, 0.717) is 10.6 Å². The Morgan fingerprint density at radius 3 is 2.81 bits per heavy atom. The summed E-state index contributed by atoms with van der Waals surface area (Å²) in [6, 6.07) is 7.23. The number of aliphatic hydroxyl groups excluding tert-OH is 1. The number of rotatable bonds is 6. The number of unbranched alkanes of at least 4 members (excludes halogenated alkanes) is 2. The number of halogens is 1. The van der Waals surface area contributed by atoms with Crippen LogP contribution >= 0.6 is 11.6 Å². The fourth-order valence-corrected chi connectivity index (χ4v) is 1.55. The van der Waals surface area contributed by atoms with Gasteiger partial charge in [0.15, 0.2) is 0 Å². The standard InChI is InChI=1S/C12H15ClN2O/c13-11-5-4-10(9-14)8-12(11)15-6-2-1-3-7-16/h4-5,8,15-16H,1-3,6-7H2. The molecule has 0 aliphatic rings. The van der Waals surface area contributed by atoms with E-state index in [1.807, 2.05) is 0 Å². The van der Waals surface area contributed by atoms with Gasteiger partial charge in [-0.3, -0.25) is 0 Å². The molecule has 0 amide bonds. The van der Waals surface area contributed by atoms with Crippen LogP contribution in [0.25, 0.3) is 0 Å². The first-order valence-corrected chi connectivity index (χ1v) is 5.70. The highest BCUT2D eigenvalue weighted by Gasteiger charge is 2.00. The lowest BCUT2D eigenvalue weighted by Crippen LogP contribution is -2.02. The van der Waals surface area contributed by atoms with E-state index in [0.717, 1.165) is 31.5 Å². The minimum atomic E-state index is 0.241. The van der Waals surface area contributed by atoms with Gasteiger partial charge in [0.1, 0.15) is 0 Å². The zero-order valence-corrected chi connectivity index (χ0v) is 9.80. The van der Waals surface area contributed by atoms with Gasteiger partial charge in [0.2, 0.25) is 0 Å². The van der Waals surface area contributed by atoms with Crippen molar-refractivity contribution in [2.45, 2.75) is 19.3 Å². The number of nitrogens with one attached hydrogen (secondary N) is 1. The van der Waals surface area contributed by atoms with Gasteiger partial charge >= 0.3 is 0 Å². The van der Waals surface area contributed by atoms with Gasteiger partial charge in [-0.25, -0.2) is 0 Å². The molecule has 0 atom stereocenters. The Hall–Kier alpha value is -1.24. The normalized spacial score (nSPS) is 9.81. The van der Waals surface area contributed by atoms with Gasteiger partial charge in [-0.2, -0.15) is 5.26 Å². The van der Waals surface area contributed by atoms with Crippen molar-refractivity contribution < 1.29 is 5.11 Å². The lowest BCUT2D eigenvalue weighted by atomic mass is 10.2. The summed E-state index contributed by atoms with van der Waals surface area (Å²) in [4.78, 5) is 0. The maximum atomic E-state index is 8.75. The summed E-state index contributed by atoms with van der Waals surface area (Å²) < 4.78 is 0. The smallest absolute Gasteiger partial charge is 0.0992 e. The Kier molecular flexibility index (Phi) is 5.69. The van der Waals surface area contributed by atoms with Gasteiger partial charge in [-0.05, 0) is 37.5 Å². The summed E-state index contributed by atoms with van der Waals surface area (Å²) in [5.41, 5.74) is 1.40. The number of anilines is 1. The van der Waals surface area contributed by atoms with Crippen molar-refractivity contribution in [3.63, 3.8) is 0 Å². The van der Waals surface area contributed by atoms with Crippen LogP contribution in [-0.4, -0.2) is 18.3 Å². The quantitative estimate of drug-likeness (QED) is 0.750. The van der Waals surface area contributed by atoms with Gasteiger partial charge in [-0.1, -0.05) is 11.6 Å². The van der Waals surface area contributed by atoms with E-state index in [2.05, 4.69) is 11.4 Å². The molecule has 1 aromatic carbocycles. The Labute approximate surface area is 101 Å². The van der Waals surface area contributed by atoms with Crippen LogP contribution in [0.5, 0.6) is 0 Å². The molecule has 0 unspecified atom stereocenters. The van der Waals surface area contributed by atoms with Gasteiger partial charge in [0, 0.05) is 13.2 Å². The Morgan fingerprint density at radius 1 is 1.31 bits per heavy atom. The maximum absolute atomic E-state index is 8.75. The van der Waals surface area contributed by atoms with Crippen molar-refractivity contribution in [3.05, 3.63) is 28.8 Å². The van der Waals surface area contributed by atoms with Crippen molar-refractivity contribution in [1.29, 1.82) is 5.26 Å². The molecule has 0 heterocycles. The fraction of sp³-hybridized carbons (Fsp3) is 0.417. The number of hydrogen-bond donors (Lipinski definition) is 2. The van der Waals surface area contributed by atoms with Gasteiger partial charge in [-0.15, -0.1) is 0 Å². The average molecular weight is 239 g/mol. The molecule has 4 heteroatoms. The molecule has 1 rings (SSSR count). The highest BCUT2D eigenvalue weighted by atomic mass is 35.5. The van der Waals surface area contributed by atoms with E-state index >= 15 is 0 Å². The van der Waals surface area contributed by atoms with Gasteiger partial charge < -0.3 is 10.4 Å². The van der Waals surface area contributed by atoms with Crippen LogP contribution in [-0.2, 0) is 0 Å². The number of nitriles is 1. The van der Waals surface area contributed by atoms with Crippen LogP contribution in [0.2, 0.25) is 5.02 Å². The van der Waals surface area contributed by atoms with Crippen LogP contribution in [0, 0.1) is 11.3 Å².